The molecule has 2 heterocycles. The number of hydrogen-bond donors (Lipinski definition) is 2. The molecule has 2 aliphatic heterocycles. The van der Waals surface area contributed by atoms with Gasteiger partial charge in [-0.1, -0.05) is 42.5 Å². The number of carbonyl (C=O) groups excluding carboxylic acids is 2. The molecular weight excluding hydrogens is 342 g/mol. The number of esters is 1. The fourth-order valence-electron chi connectivity index (χ4n) is 4.02. The standard InChI is InChI=1S/C21H23N3O3/c1-27-19(25)18(15-7-3-2-4-8-15)24-13-11-21(12-14-24)20(26)22-16-9-5-6-10-17(16)23-21/h2-10,18,23H,11-14H2,1H3,(H,22,26)/t18-/m0/s1. The van der Waals surface area contributed by atoms with Gasteiger partial charge >= 0.3 is 5.97 Å². The Morgan fingerprint density at radius 1 is 1.04 bits per heavy atom. The number of likely N-dealkylation sites (tertiary alicyclic amines) is 1. The zero-order chi connectivity index (χ0) is 18.9. The number of anilines is 2. The zero-order valence-corrected chi connectivity index (χ0v) is 15.3. The molecule has 0 saturated carbocycles. The summed E-state index contributed by atoms with van der Waals surface area (Å²) in [6.07, 6.45) is 1.24. The number of ether oxygens (including phenoxy) is 1. The van der Waals surface area contributed by atoms with Gasteiger partial charge in [-0.2, -0.15) is 0 Å². The Kier molecular flexibility index (Phi) is 4.58. The lowest BCUT2D eigenvalue weighted by atomic mass is 9.83. The highest BCUT2D eigenvalue weighted by Crippen LogP contribution is 2.38. The van der Waals surface area contributed by atoms with Crippen LogP contribution in [-0.2, 0) is 14.3 Å². The summed E-state index contributed by atoms with van der Waals surface area (Å²) >= 11 is 0. The van der Waals surface area contributed by atoms with Crippen molar-refractivity contribution in [3.63, 3.8) is 0 Å². The molecule has 2 N–H and O–H groups in total. The third kappa shape index (κ3) is 3.17. The maximum absolute atomic E-state index is 12.8. The van der Waals surface area contributed by atoms with Crippen LogP contribution in [0.2, 0.25) is 0 Å². The van der Waals surface area contributed by atoms with Crippen LogP contribution in [0.15, 0.2) is 54.6 Å². The van der Waals surface area contributed by atoms with Gasteiger partial charge in [0.15, 0.2) is 0 Å². The lowest BCUT2D eigenvalue weighted by Crippen LogP contribution is -2.59. The first-order valence-corrected chi connectivity index (χ1v) is 9.18. The van der Waals surface area contributed by atoms with E-state index in [1.165, 1.54) is 7.11 Å². The molecule has 6 heteroatoms. The first kappa shape index (κ1) is 17.5. The van der Waals surface area contributed by atoms with Gasteiger partial charge < -0.3 is 15.4 Å². The molecule has 1 saturated heterocycles. The number of rotatable bonds is 3. The monoisotopic (exact) mass is 365 g/mol. The van der Waals surface area contributed by atoms with Crippen LogP contribution in [0.25, 0.3) is 0 Å². The minimum Gasteiger partial charge on any atom is -0.468 e. The zero-order valence-electron chi connectivity index (χ0n) is 15.3. The fourth-order valence-corrected chi connectivity index (χ4v) is 4.02. The number of fused-ring (bicyclic) bond motifs is 1. The van der Waals surface area contributed by atoms with Crippen LogP contribution in [0.4, 0.5) is 11.4 Å². The Morgan fingerprint density at radius 3 is 2.33 bits per heavy atom. The van der Waals surface area contributed by atoms with E-state index in [1.54, 1.807) is 0 Å². The van der Waals surface area contributed by atoms with E-state index in [1.807, 2.05) is 54.6 Å². The van der Waals surface area contributed by atoms with Crippen LogP contribution >= 0.6 is 0 Å². The molecule has 140 valence electrons. The van der Waals surface area contributed by atoms with Gasteiger partial charge in [-0.15, -0.1) is 0 Å². The third-order valence-corrected chi connectivity index (χ3v) is 5.54. The maximum atomic E-state index is 12.8. The second-order valence-electron chi connectivity index (χ2n) is 7.08. The van der Waals surface area contributed by atoms with Crippen LogP contribution in [0.5, 0.6) is 0 Å². The molecule has 1 spiro atoms. The van der Waals surface area contributed by atoms with Crippen molar-refractivity contribution in [3.8, 4) is 0 Å². The van der Waals surface area contributed by atoms with Gasteiger partial charge in [0.25, 0.3) is 0 Å². The second kappa shape index (κ2) is 7.04. The summed E-state index contributed by atoms with van der Waals surface area (Å²) in [6, 6.07) is 16.9. The highest BCUT2D eigenvalue weighted by atomic mass is 16.5. The van der Waals surface area contributed by atoms with Crippen LogP contribution in [0.3, 0.4) is 0 Å². The highest BCUT2D eigenvalue weighted by Gasteiger charge is 2.46. The van der Waals surface area contributed by atoms with Crippen LogP contribution in [0, 0.1) is 0 Å². The number of piperidine rings is 1. The summed E-state index contributed by atoms with van der Waals surface area (Å²) in [5.41, 5.74) is 2.03. The molecule has 0 unspecified atom stereocenters. The van der Waals surface area contributed by atoms with Gasteiger partial charge in [0.2, 0.25) is 5.91 Å². The van der Waals surface area contributed by atoms with Crippen molar-refractivity contribution in [3.05, 3.63) is 60.2 Å². The number of nitrogens with one attached hydrogen (secondary N) is 2. The molecule has 2 aromatic rings. The quantitative estimate of drug-likeness (QED) is 0.819. The van der Waals surface area contributed by atoms with Crippen molar-refractivity contribution in [1.82, 2.24) is 4.90 Å². The lowest BCUT2D eigenvalue weighted by Gasteiger charge is -2.45. The molecule has 2 aliphatic rings. The minimum atomic E-state index is -0.637. The van der Waals surface area contributed by atoms with Gasteiger partial charge in [-0.3, -0.25) is 9.69 Å². The molecule has 1 fully saturated rings. The summed E-state index contributed by atoms with van der Waals surface area (Å²) in [5, 5.41) is 6.47. The van der Waals surface area contributed by atoms with Gasteiger partial charge in [0, 0.05) is 13.1 Å². The summed E-state index contributed by atoms with van der Waals surface area (Å²) in [4.78, 5) is 27.3. The number of hydrogen-bond acceptors (Lipinski definition) is 5. The molecule has 0 aromatic heterocycles. The molecular formula is C21H23N3O3. The predicted molar refractivity (Wildman–Crippen MR) is 103 cm³/mol. The molecule has 0 radical (unpaired) electrons. The Balaban J connectivity index is 1.54. The molecule has 27 heavy (non-hydrogen) atoms. The molecule has 6 nitrogen and oxygen atoms in total. The smallest absolute Gasteiger partial charge is 0.327 e. The Morgan fingerprint density at radius 2 is 1.67 bits per heavy atom. The van der Waals surface area contributed by atoms with Crippen molar-refractivity contribution in [2.24, 2.45) is 0 Å². The van der Waals surface area contributed by atoms with Crippen LogP contribution in [0.1, 0.15) is 24.4 Å². The SMILES string of the molecule is COC(=O)[C@H](c1ccccc1)N1CCC2(CC1)Nc1ccccc1NC2=O. The van der Waals surface area contributed by atoms with E-state index >= 15 is 0 Å². The topological polar surface area (TPSA) is 70.7 Å². The maximum Gasteiger partial charge on any atom is 0.327 e. The molecule has 2 aromatic carbocycles. The number of amides is 1. The van der Waals surface area contributed by atoms with Crippen molar-refractivity contribution in [2.75, 3.05) is 30.8 Å². The van der Waals surface area contributed by atoms with Crippen LogP contribution in [-0.4, -0.2) is 42.5 Å². The Bertz CT molecular complexity index is 845. The predicted octanol–water partition coefficient (Wildman–Crippen LogP) is 2.80. The van der Waals surface area contributed by atoms with Gasteiger partial charge in [0.1, 0.15) is 11.6 Å². The Hall–Kier alpha value is -2.86. The molecule has 0 aliphatic carbocycles. The summed E-state index contributed by atoms with van der Waals surface area (Å²) < 4.78 is 5.05. The summed E-state index contributed by atoms with van der Waals surface area (Å²) in [6.45, 7) is 1.24. The first-order valence-electron chi connectivity index (χ1n) is 9.18. The van der Waals surface area contributed by atoms with Crippen molar-refractivity contribution in [2.45, 2.75) is 24.4 Å². The first-order chi connectivity index (χ1) is 13.1. The van der Waals surface area contributed by atoms with E-state index in [-0.39, 0.29) is 11.9 Å². The van der Waals surface area contributed by atoms with E-state index in [4.69, 9.17) is 4.74 Å². The van der Waals surface area contributed by atoms with Crippen LogP contribution < -0.4 is 10.6 Å². The summed E-state index contributed by atoms with van der Waals surface area (Å²) in [5.74, 6) is -0.279. The van der Waals surface area contributed by atoms with Crippen molar-refractivity contribution < 1.29 is 14.3 Å². The van der Waals surface area contributed by atoms with E-state index in [2.05, 4.69) is 15.5 Å². The number of carbonyl (C=O) groups is 2. The minimum absolute atomic E-state index is 0.00446. The second-order valence-corrected chi connectivity index (χ2v) is 7.08. The fraction of sp³-hybridized carbons (Fsp3) is 0.333. The number of para-hydroxylation sites is 2. The number of methoxy groups -OCH3 is 1. The average molecular weight is 365 g/mol. The highest BCUT2D eigenvalue weighted by molar-refractivity contribution is 6.06. The molecule has 4 rings (SSSR count). The van der Waals surface area contributed by atoms with E-state index < -0.39 is 11.6 Å². The van der Waals surface area contributed by atoms with Crippen molar-refractivity contribution in [1.29, 1.82) is 0 Å². The van der Waals surface area contributed by atoms with E-state index in [9.17, 15) is 9.59 Å². The average Bonchev–Trinajstić information content (AvgIpc) is 2.71. The molecule has 0 bridgehead atoms. The van der Waals surface area contributed by atoms with Crippen molar-refractivity contribution >= 4 is 23.3 Å². The molecule has 1 amide bonds. The third-order valence-electron chi connectivity index (χ3n) is 5.54. The normalized spacial score (nSPS) is 19.5. The summed E-state index contributed by atoms with van der Waals surface area (Å²) in [7, 11) is 1.41. The van der Waals surface area contributed by atoms with Gasteiger partial charge in [-0.05, 0) is 30.5 Å². The number of nitrogens with zero attached hydrogens (tertiary/aromatic N) is 1. The number of benzene rings is 2. The van der Waals surface area contributed by atoms with E-state index in [0.29, 0.717) is 25.9 Å². The van der Waals surface area contributed by atoms with Gasteiger partial charge in [0.05, 0.1) is 18.5 Å². The largest absolute Gasteiger partial charge is 0.468 e. The van der Waals surface area contributed by atoms with E-state index in [0.717, 1.165) is 16.9 Å². The van der Waals surface area contributed by atoms with Gasteiger partial charge in [-0.25, -0.2) is 4.79 Å². The lowest BCUT2D eigenvalue weighted by molar-refractivity contribution is -0.148. The molecule has 1 atom stereocenters. The Labute approximate surface area is 158 Å².